The summed E-state index contributed by atoms with van der Waals surface area (Å²) >= 11 is 0. The smallest absolute Gasteiger partial charge is 0.326 e. The summed E-state index contributed by atoms with van der Waals surface area (Å²) in [6.07, 6.45) is 4.03. The predicted molar refractivity (Wildman–Crippen MR) is 146 cm³/mol. The van der Waals surface area contributed by atoms with Crippen LogP contribution in [0, 0.1) is 11.3 Å². The van der Waals surface area contributed by atoms with Crippen LogP contribution in [0.15, 0.2) is 24.3 Å². The lowest BCUT2D eigenvalue weighted by Crippen LogP contribution is -2.51. The van der Waals surface area contributed by atoms with E-state index < -0.39 is 57.2 Å². The van der Waals surface area contributed by atoms with Gasteiger partial charge in [-0.1, -0.05) is 31.4 Å². The van der Waals surface area contributed by atoms with Crippen LogP contribution in [0.3, 0.4) is 0 Å². The van der Waals surface area contributed by atoms with E-state index >= 15 is 0 Å². The van der Waals surface area contributed by atoms with Gasteiger partial charge in [-0.2, -0.15) is 0 Å². The fourth-order valence-corrected chi connectivity index (χ4v) is 5.76. The van der Waals surface area contributed by atoms with Crippen molar-refractivity contribution in [2.45, 2.75) is 69.9 Å². The average Bonchev–Trinajstić information content (AvgIpc) is 3.35. The molecule has 14 heteroatoms. The van der Waals surface area contributed by atoms with Crippen molar-refractivity contribution in [1.82, 2.24) is 15.4 Å². The zero-order chi connectivity index (χ0) is 29.9. The molecule has 1 fully saturated rings. The van der Waals surface area contributed by atoms with Crippen LogP contribution in [-0.4, -0.2) is 78.9 Å². The van der Waals surface area contributed by atoms with Gasteiger partial charge in [-0.3, -0.25) is 14.4 Å². The second-order valence-electron chi connectivity index (χ2n) is 10.4. The zero-order valence-corrected chi connectivity index (χ0v) is 23.4. The van der Waals surface area contributed by atoms with Crippen LogP contribution in [0.1, 0.15) is 56.9 Å². The first kappa shape index (κ1) is 33.0. The number of nitrogens with one attached hydrogen (secondary N) is 3. The van der Waals surface area contributed by atoms with E-state index in [0.717, 1.165) is 6.26 Å². The number of rotatable bonds is 17. The summed E-state index contributed by atoms with van der Waals surface area (Å²) in [5.74, 6) is -4.89. The van der Waals surface area contributed by atoms with E-state index in [1.54, 1.807) is 12.1 Å². The Morgan fingerprint density at radius 1 is 1.00 bits per heavy atom. The molecule has 0 bridgehead atoms. The van der Waals surface area contributed by atoms with Gasteiger partial charge < -0.3 is 31.7 Å². The Morgan fingerprint density at radius 3 is 2.15 bits per heavy atom. The molecule has 8 N–H and O–H groups in total. The van der Waals surface area contributed by atoms with E-state index in [-0.39, 0.29) is 31.6 Å². The Bertz CT molecular complexity index is 1140. The van der Waals surface area contributed by atoms with E-state index in [0.29, 0.717) is 50.6 Å². The van der Waals surface area contributed by atoms with Crippen molar-refractivity contribution in [3.8, 4) is 5.75 Å². The minimum Gasteiger partial charge on any atom is -0.508 e. The van der Waals surface area contributed by atoms with Gasteiger partial charge in [0.25, 0.3) is 0 Å². The van der Waals surface area contributed by atoms with Gasteiger partial charge in [0.15, 0.2) is 0 Å². The maximum Gasteiger partial charge on any atom is 0.326 e. The fraction of sp³-hybridized carbons (Fsp3) is 0.615. The number of phenols is 1. The molecule has 1 aromatic carbocycles. The monoisotopic (exact) mass is 584 g/mol. The summed E-state index contributed by atoms with van der Waals surface area (Å²) in [7, 11) is -3.72. The number of unbranched alkanes of at least 4 members (excludes halogenated alkanes) is 1. The maximum absolute atomic E-state index is 13.5. The quantitative estimate of drug-likeness (QED) is 0.124. The van der Waals surface area contributed by atoms with Gasteiger partial charge in [-0.25, -0.2) is 17.9 Å². The molecule has 224 valence electrons. The van der Waals surface area contributed by atoms with Gasteiger partial charge in [0.2, 0.25) is 21.8 Å². The highest BCUT2D eigenvalue weighted by Gasteiger charge is 2.45. The summed E-state index contributed by atoms with van der Waals surface area (Å²) < 4.78 is 25.7. The topological polar surface area (TPSA) is 225 Å². The lowest BCUT2D eigenvalue weighted by atomic mass is 9.76. The van der Waals surface area contributed by atoms with Crippen LogP contribution in [0.25, 0.3) is 0 Å². The number of sulfonamides is 1. The standard InChI is InChI=1S/C26H40N4O9S/c1-40(38,39)30-20(6-2-5-13-27)22(32)28-16-18(23(33)34)15-26(11-3-4-12-26)25(37)29-21(24(35)36)14-17-7-9-19(31)10-8-17/h7-10,18,20-21,30-31H,2-6,11-16,27H2,1H3,(H,28,32)(H,29,37)(H,33,34)(H,35,36)/t18?,20-,21-/m0/s1. The van der Waals surface area contributed by atoms with E-state index in [4.69, 9.17) is 5.73 Å². The molecule has 0 spiro atoms. The fourth-order valence-electron chi connectivity index (χ4n) is 5.02. The van der Waals surface area contributed by atoms with Crippen molar-refractivity contribution in [1.29, 1.82) is 0 Å². The Hall–Kier alpha value is -3.23. The molecule has 1 saturated carbocycles. The second kappa shape index (κ2) is 15.0. The number of carboxylic acid groups (broad SMARTS) is 2. The number of hydrogen-bond donors (Lipinski definition) is 7. The number of aliphatic carboxylic acids is 2. The number of benzene rings is 1. The van der Waals surface area contributed by atoms with E-state index in [1.165, 1.54) is 12.1 Å². The van der Waals surface area contributed by atoms with E-state index in [1.807, 2.05) is 0 Å². The predicted octanol–water partition coefficient (Wildman–Crippen LogP) is 0.318. The minimum atomic E-state index is -3.72. The lowest BCUT2D eigenvalue weighted by Gasteiger charge is -2.32. The second-order valence-corrected chi connectivity index (χ2v) is 12.2. The largest absolute Gasteiger partial charge is 0.508 e. The van der Waals surface area contributed by atoms with E-state index in [2.05, 4.69) is 15.4 Å². The molecule has 40 heavy (non-hydrogen) atoms. The SMILES string of the molecule is CS(=O)(=O)N[C@@H](CCCCN)C(=O)NCC(CC1(C(=O)N[C@@H](Cc2ccc(O)cc2)C(=O)O)CCCC1)C(=O)O. The van der Waals surface area contributed by atoms with Gasteiger partial charge in [0, 0.05) is 13.0 Å². The van der Waals surface area contributed by atoms with Gasteiger partial charge >= 0.3 is 11.9 Å². The molecule has 1 aliphatic rings. The molecule has 13 nitrogen and oxygen atoms in total. The first-order valence-corrected chi connectivity index (χ1v) is 15.1. The van der Waals surface area contributed by atoms with Crippen molar-refractivity contribution in [3.05, 3.63) is 29.8 Å². The summed E-state index contributed by atoms with van der Waals surface area (Å²) in [5, 5.41) is 34.2. The van der Waals surface area contributed by atoms with Gasteiger partial charge in [0.05, 0.1) is 17.6 Å². The van der Waals surface area contributed by atoms with Gasteiger partial charge in [-0.15, -0.1) is 0 Å². The lowest BCUT2D eigenvalue weighted by molar-refractivity contribution is -0.147. The molecule has 0 aliphatic heterocycles. The highest BCUT2D eigenvalue weighted by atomic mass is 32.2. The Balaban J connectivity index is 2.13. The third-order valence-electron chi connectivity index (χ3n) is 7.15. The third kappa shape index (κ3) is 10.4. The Morgan fingerprint density at radius 2 is 1.62 bits per heavy atom. The van der Waals surface area contributed by atoms with Gasteiger partial charge in [-0.05, 0) is 56.3 Å². The number of hydrogen-bond acceptors (Lipinski definition) is 8. The highest BCUT2D eigenvalue weighted by Crippen LogP contribution is 2.43. The molecule has 0 saturated heterocycles. The molecule has 0 aromatic heterocycles. The molecule has 0 radical (unpaired) electrons. The normalized spacial score (nSPS) is 16.9. The first-order valence-electron chi connectivity index (χ1n) is 13.3. The maximum atomic E-state index is 13.5. The van der Waals surface area contributed by atoms with Crippen molar-refractivity contribution in [2.24, 2.45) is 17.1 Å². The van der Waals surface area contributed by atoms with Crippen LogP contribution in [-0.2, 0) is 35.6 Å². The molecule has 1 unspecified atom stereocenters. The average molecular weight is 585 g/mol. The first-order chi connectivity index (χ1) is 18.8. The Labute approximate surface area is 234 Å². The summed E-state index contributed by atoms with van der Waals surface area (Å²) in [4.78, 5) is 50.3. The molecule has 1 aliphatic carbocycles. The highest BCUT2D eigenvalue weighted by molar-refractivity contribution is 7.88. The zero-order valence-electron chi connectivity index (χ0n) is 22.6. The summed E-state index contributed by atoms with van der Waals surface area (Å²) in [5.41, 5.74) is 4.92. The van der Waals surface area contributed by atoms with Crippen LogP contribution >= 0.6 is 0 Å². The van der Waals surface area contributed by atoms with Crippen LogP contribution < -0.4 is 21.1 Å². The Kier molecular flexibility index (Phi) is 12.3. The molecular weight excluding hydrogens is 544 g/mol. The molecule has 0 heterocycles. The van der Waals surface area contributed by atoms with Crippen LogP contribution in [0.5, 0.6) is 5.75 Å². The summed E-state index contributed by atoms with van der Waals surface area (Å²) in [6, 6.07) is 3.55. The van der Waals surface area contributed by atoms with Crippen molar-refractivity contribution in [2.75, 3.05) is 19.3 Å². The van der Waals surface area contributed by atoms with Crippen molar-refractivity contribution < 1.29 is 42.9 Å². The van der Waals surface area contributed by atoms with Gasteiger partial charge in [0.1, 0.15) is 17.8 Å². The van der Waals surface area contributed by atoms with Crippen LogP contribution in [0.2, 0.25) is 0 Å². The number of phenolic OH excluding ortho intramolecular Hbond substituents is 1. The molecular formula is C26H40N4O9S. The summed E-state index contributed by atoms with van der Waals surface area (Å²) in [6.45, 7) is 0.0357. The molecule has 2 rings (SSSR count). The molecule has 2 amide bonds. The van der Waals surface area contributed by atoms with Crippen LogP contribution in [0.4, 0.5) is 0 Å². The van der Waals surface area contributed by atoms with Crippen molar-refractivity contribution in [3.63, 3.8) is 0 Å². The number of carbonyl (C=O) groups excluding carboxylic acids is 2. The number of nitrogens with two attached hydrogens (primary N) is 1. The van der Waals surface area contributed by atoms with Crippen molar-refractivity contribution >= 4 is 33.8 Å². The number of aromatic hydroxyl groups is 1. The minimum absolute atomic E-state index is 0.0188. The third-order valence-corrected chi connectivity index (χ3v) is 7.86. The van der Waals surface area contributed by atoms with E-state index in [9.17, 15) is 42.9 Å². The number of carbonyl (C=O) groups is 4. The molecule has 1 aromatic rings. The number of carboxylic acids is 2. The molecule has 3 atom stereocenters. The number of amides is 2.